The third kappa shape index (κ3) is 6.14. The van der Waals surface area contributed by atoms with Crippen molar-refractivity contribution in [3.05, 3.63) is 23.8 Å². The van der Waals surface area contributed by atoms with E-state index in [1.165, 1.54) is 0 Å². The van der Waals surface area contributed by atoms with Gasteiger partial charge < -0.3 is 20.5 Å². The minimum Gasteiger partial charge on any atom is -0.489 e. The maximum absolute atomic E-state index is 12.1. The second-order valence-electron chi connectivity index (χ2n) is 5.08. The summed E-state index contributed by atoms with van der Waals surface area (Å²) in [6.45, 7) is 4.98. The average molecular weight is 294 g/mol. The van der Waals surface area contributed by atoms with E-state index < -0.39 is 6.04 Å². The molecule has 5 nitrogen and oxygen atoms in total. The molecular formula is C16H26N2O3. The van der Waals surface area contributed by atoms with Gasteiger partial charge in [0.05, 0.1) is 18.3 Å². The van der Waals surface area contributed by atoms with E-state index in [0.717, 1.165) is 18.4 Å². The first-order valence-electron chi connectivity index (χ1n) is 7.37. The monoisotopic (exact) mass is 294 g/mol. The van der Waals surface area contributed by atoms with Crippen LogP contribution >= 0.6 is 0 Å². The summed E-state index contributed by atoms with van der Waals surface area (Å²) in [6.07, 6.45) is 2.66. The number of carbonyl (C=O) groups is 1. The third-order valence-electron chi connectivity index (χ3n) is 3.15. The van der Waals surface area contributed by atoms with Gasteiger partial charge in [-0.3, -0.25) is 4.79 Å². The molecule has 1 rings (SSSR count). The molecule has 0 aliphatic rings. The van der Waals surface area contributed by atoms with Crippen molar-refractivity contribution in [2.24, 2.45) is 5.73 Å². The van der Waals surface area contributed by atoms with Gasteiger partial charge in [0.15, 0.2) is 0 Å². The van der Waals surface area contributed by atoms with Crippen molar-refractivity contribution in [1.29, 1.82) is 0 Å². The molecule has 0 aromatic heterocycles. The van der Waals surface area contributed by atoms with Crippen LogP contribution in [0.1, 0.15) is 31.7 Å². The Kier molecular flexibility index (Phi) is 7.79. The smallest absolute Gasteiger partial charge is 0.241 e. The van der Waals surface area contributed by atoms with Crippen molar-refractivity contribution in [1.82, 2.24) is 0 Å². The molecule has 1 amide bonds. The SMILES string of the molecule is CCCCC(N)C(=O)Nc1ccc(C)cc1OCCOC. The van der Waals surface area contributed by atoms with Crippen molar-refractivity contribution in [2.45, 2.75) is 39.2 Å². The second kappa shape index (κ2) is 9.37. The van der Waals surface area contributed by atoms with Crippen LogP contribution in [-0.4, -0.2) is 32.3 Å². The van der Waals surface area contributed by atoms with Crippen LogP contribution in [0.4, 0.5) is 5.69 Å². The number of unbranched alkanes of at least 4 members (excludes halogenated alkanes) is 1. The molecule has 0 saturated carbocycles. The minimum absolute atomic E-state index is 0.177. The zero-order valence-electron chi connectivity index (χ0n) is 13.1. The fourth-order valence-corrected chi connectivity index (χ4v) is 1.87. The molecule has 0 aliphatic heterocycles. The number of amides is 1. The van der Waals surface area contributed by atoms with Gasteiger partial charge in [-0.05, 0) is 31.0 Å². The first-order chi connectivity index (χ1) is 10.1. The Morgan fingerprint density at radius 2 is 2.14 bits per heavy atom. The number of aryl methyl sites for hydroxylation is 1. The van der Waals surface area contributed by atoms with Crippen LogP contribution in [0.5, 0.6) is 5.75 Å². The maximum Gasteiger partial charge on any atom is 0.241 e. The number of hydrogen-bond donors (Lipinski definition) is 2. The van der Waals surface area contributed by atoms with E-state index in [2.05, 4.69) is 12.2 Å². The van der Waals surface area contributed by atoms with E-state index in [-0.39, 0.29) is 5.91 Å². The first kappa shape index (κ1) is 17.5. The highest BCUT2D eigenvalue weighted by Gasteiger charge is 2.15. The Bertz CT molecular complexity index is 449. The van der Waals surface area contributed by atoms with Crippen molar-refractivity contribution < 1.29 is 14.3 Å². The standard InChI is InChI=1S/C16H26N2O3/c1-4-5-6-13(17)16(19)18-14-8-7-12(2)11-15(14)21-10-9-20-3/h7-8,11,13H,4-6,9-10,17H2,1-3H3,(H,18,19). The predicted molar refractivity (Wildman–Crippen MR) is 84.7 cm³/mol. The van der Waals surface area contributed by atoms with Crippen LogP contribution in [0.25, 0.3) is 0 Å². The fourth-order valence-electron chi connectivity index (χ4n) is 1.87. The van der Waals surface area contributed by atoms with Gasteiger partial charge in [-0.2, -0.15) is 0 Å². The van der Waals surface area contributed by atoms with Gasteiger partial charge >= 0.3 is 0 Å². The van der Waals surface area contributed by atoms with Crippen molar-refractivity contribution in [3.8, 4) is 5.75 Å². The first-order valence-corrected chi connectivity index (χ1v) is 7.37. The van der Waals surface area contributed by atoms with Gasteiger partial charge in [-0.1, -0.05) is 25.8 Å². The van der Waals surface area contributed by atoms with E-state index in [0.29, 0.717) is 31.1 Å². The number of benzene rings is 1. The summed E-state index contributed by atoms with van der Waals surface area (Å²) < 4.78 is 10.6. The number of carbonyl (C=O) groups excluding carboxylic acids is 1. The van der Waals surface area contributed by atoms with Crippen molar-refractivity contribution in [2.75, 3.05) is 25.6 Å². The number of rotatable bonds is 9. The maximum atomic E-state index is 12.1. The molecule has 1 unspecified atom stereocenters. The van der Waals surface area contributed by atoms with Crippen LogP contribution in [0.2, 0.25) is 0 Å². The van der Waals surface area contributed by atoms with Crippen LogP contribution < -0.4 is 15.8 Å². The summed E-state index contributed by atoms with van der Waals surface area (Å²) in [7, 11) is 1.62. The highest BCUT2D eigenvalue weighted by atomic mass is 16.5. The Morgan fingerprint density at radius 3 is 2.81 bits per heavy atom. The lowest BCUT2D eigenvalue weighted by molar-refractivity contribution is -0.117. The van der Waals surface area contributed by atoms with Gasteiger partial charge in [-0.15, -0.1) is 0 Å². The molecule has 1 aromatic rings. The quantitative estimate of drug-likeness (QED) is 0.686. The minimum atomic E-state index is -0.488. The van der Waals surface area contributed by atoms with Crippen LogP contribution in [-0.2, 0) is 9.53 Å². The third-order valence-corrected chi connectivity index (χ3v) is 3.15. The number of hydrogen-bond acceptors (Lipinski definition) is 4. The molecule has 1 atom stereocenters. The fraction of sp³-hybridized carbons (Fsp3) is 0.562. The second-order valence-corrected chi connectivity index (χ2v) is 5.08. The number of anilines is 1. The summed E-state index contributed by atoms with van der Waals surface area (Å²) in [4.78, 5) is 12.1. The molecule has 1 aromatic carbocycles. The van der Waals surface area contributed by atoms with E-state index in [1.807, 2.05) is 25.1 Å². The average Bonchev–Trinajstić information content (AvgIpc) is 2.47. The summed E-state index contributed by atoms with van der Waals surface area (Å²) in [5, 5.41) is 2.84. The molecule has 0 bridgehead atoms. The lowest BCUT2D eigenvalue weighted by atomic mass is 10.1. The Balaban J connectivity index is 2.70. The Morgan fingerprint density at radius 1 is 1.38 bits per heavy atom. The Labute approximate surface area is 126 Å². The summed E-state index contributed by atoms with van der Waals surface area (Å²) in [5.41, 5.74) is 7.59. The van der Waals surface area contributed by atoms with Crippen molar-refractivity contribution in [3.63, 3.8) is 0 Å². The molecule has 0 radical (unpaired) electrons. The number of nitrogens with one attached hydrogen (secondary N) is 1. The number of methoxy groups -OCH3 is 1. The highest BCUT2D eigenvalue weighted by Crippen LogP contribution is 2.26. The molecule has 0 aliphatic carbocycles. The highest BCUT2D eigenvalue weighted by molar-refractivity contribution is 5.95. The largest absolute Gasteiger partial charge is 0.489 e. The summed E-state index contributed by atoms with van der Waals surface area (Å²) in [5.74, 6) is 0.465. The van der Waals surface area contributed by atoms with Gasteiger partial charge in [0, 0.05) is 7.11 Å². The zero-order valence-corrected chi connectivity index (χ0v) is 13.1. The topological polar surface area (TPSA) is 73.6 Å². The molecule has 0 fully saturated rings. The van der Waals surface area contributed by atoms with E-state index in [4.69, 9.17) is 15.2 Å². The number of nitrogens with two attached hydrogens (primary N) is 1. The molecule has 0 saturated heterocycles. The molecule has 118 valence electrons. The predicted octanol–water partition coefficient (Wildman–Crippen LogP) is 2.48. The number of ether oxygens (including phenoxy) is 2. The molecule has 3 N–H and O–H groups in total. The molecule has 21 heavy (non-hydrogen) atoms. The molecule has 0 heterocycles. The zero-order chi connectivity index (χ0) is 15.7. The van der Waals surface area contributed by atoms with E-state index in [1.54, 1.807) is 7.11 Å². The van der Waals surface area contributed by atoms with E-state index in [9.17, 15) is 4.79 Å². The Hall–Kier alpha value is -1.59. The van der Waals surface area contributed by atoms with E-state index >= 15 is 0 Å². The summed E-state index contributed by atoms with van der Waals surface area (Å²) in [6, 6.07) is 5.17. The molecular weight excluding hydrogens is 268 g/mol. The van der Waals surface area contributed by atoms with Gasteiger partial charge in [-0.25, -0.2) is 0 Å². The van der Waals surface area contributed by atoms with Gasteiger partial charge in [0.1, 0.15) is 12.4 Å². The lowest BCUT2D eigenvalue weighted by Gasteiger charge is -2.16. The molecule has 0 spiro atoms. The van der Waals surface area contributed by atoms with Crippen LogP contribution in [0, 0.1) is 6.92 Å². The lowest BCUT2D eigenvalue weighted by Crippen LogP contribution is -2.35. The van der Waals surface area contributed by atoms with Gasteiger partial charge in [0.25, 0.3) is 0 Å². The van der Waals surface area contributed by atoms with Crippen molar-refractivity contribution >= 4 is 11.6 Å². The van der Waals surface area contributed by atoms with Crippen LogP contribution in [0.3, 0.4) is 0 Å². The van der Waals surface area contributed by atoms with Gasteiger partial charge in [0.2, 0.25) is 5.91 Å². The summed E-state index contributed by atoms with van der Waals surface area (Å²) >= 11 is 0. The van der Waals surface area contributed by atoms with Crippen LogP contribution in [0.15, 0.2) is 18.2 Å². The normalized spacial score (nSPS) is 12.0. The molecule has 5 heteroatoms.